The van der Waals surface area contributed by atoms with Gasteiger partial charge in [0.15, 0.2) is 0 Å². The van der Waals surface area contributed by atoms with Crippen molar-refractivity contribution in [3.8, 4) is 0 Å². The van der Waals surface area contributed by atoms with Crippen LogP contribution in [0.25, 0.3) is 0 Å². The maximum Gasteiger partial charge on any atom is 0.251 e. The molecule has 1 aromatic carbocycles. The van der Waals surface area contributed by atoms with Crippen LogP contribution in [0.1, 0.15) is 27.3 Å². The minimum atomic E-state index is -0.0440. The van der Waals surface area contributed by atoms with Gasteiger partial charge in [0.25, 0.3) is 5.91 Å². The van der Waals surface area contributed by atoms with Crippen molar-refractivity contribution >= 4 is 11.6 Å². The highest BCUT2D eigenvalue weighted by Gasteiger charge is 2.14. The average Bonchev–Trinajstić information content (AvgIpc) is 2.62. The maximum atomic E-state index is 12.4. The predicted molar refractivity (Wildman–Crippen MR) is 99.2 cm³/mol. The van der Waals surface area contributed by atoms with Crippen molar-refractivity contribution in [1.29, 1.82) is 0 Å². The largest absolute Gasteiger partial charge is 0.378 e. The Hall–Kier alpha value is -2.40. The van der Waals surface area contributed by atoms with E-state index in [9.17, 15) is 4.79 Å². The van der Waals surface area contributed by atoms with Crippen molar-refractivity contribution in [2.45, 2.75) is 20.3 Å². The molecule has 2 heterocycles. The monoisotopic (exact) mass is 339 g/mol. The van der Waals surface area contributed by atoms with Gasteiger partial charge in [-0.2, -0.15) is 0 Å². The molecule has 132 valence electrons. The highest BCUT2D eigenvalue weighted by molar-refractivity contribution is 5.94. The van der Waals surface area contributed by atoms with Crippen molar-refractivity contribution < 1.29 is 9.53 Å². The van der Waals surface area contributed by atoms with Gasteiger partial charge in [0.2, 0.25) is 0 Å². The molecule has 25 heavy (non-hydrogen) atoms. The molecule has 1 aliphatic rings. The van der Waals surface area contributed by atoms with Gasteiger partial charge < -0.3 is 15.0 Å². The van der Waals surface area contributed by atoms with Crippen LogP contribution in [0, 0.1) is 13.8 Å². The molecule has 5 nitrogen and oxygen atoms in total. The fraction of sp³-hybridized carbons (Fsp3) is 0.400. The molecular weight excluding hydrogens is 314 g/mol. The molecule has 2 aromatic rings. The van der Waals surface area contributed by atoms with Crippen LogP contribution in [0.4, 0.5) is 5.69 Å². The van der Waals surface area contributed by atoms with Crippen LogP contribution < -0.4 is 10.2 Å². The first-order valence-electron chi connectivity index (χ1n) is 8.77. The van der Waals surface area contributed by atoms with E-state index in [2.05, 4.69) is 39.5 Å². The second-order valence-corrected chi connectivity index (χ2v) is 6.37. The molecular formula is C20H25N3O2. The number of benzene rings is 1. The lowest BCUT2D eigenvalue weighted by atomic mass is 10.1. The Balaban J connectivity index is 1.61. The van der Waals surface area contributed by atoms with Crippen molar-refractivity contribution in [3.05, 3.63) is 58.9 Å². The van der Waals surface area contributed by atoms with Crippen molar-refractivity contribution in [2.24, 2.45) is 0 Å². The molecule has 1 N–H and O–H groups in total. The quantitative estimate of drug-likeness (QED) is 0.909. The van der Waals surface area contributed by atoms with Gasteiger partial charge in [-0.15, -0.1) is 0 Å². The number of ether oxygens (including phenoxy) is 1. The van der Waals surface area contributed by atoms with Gasteiger partial charge in [0, 0.05) is 42.3 Å². The number of aromatic nitrogens is 1. The summed E-state index contributed by atoms with van der Waals surface area (Å²) in [4.78, 5) is 19.0. The van der Waals surface area contributed by atoms with Gasteiger partial charge in [-0.25, -0.2) is 0 Å². The smallest absolute Gasteiger partial charge is 0.251 e. The van der Waals surface area contributed by atoms with E-state index in [0.717, 1.165) is 44.1 Å². The maximum absolute atomic E-state index is 12.4. The number of morpholine rings is 1. The summed E-state index contributed by atoms with van der Waals surface area (Å²) in [6.45, 7) is 7.79. The Bertz CT molecular complexity index is 719. The normalized spacial score (nSPS) is 14.4. The number of anilines is 1. The number of hydrogen-bond acceptors (Lipinski definition) is 4. The molecule has 0 radical (unpaired) electrons. The zero-order chi connectivity index (χ0) is 17.6. The van der Waals surface area contributed by atoms with Gasteiger partial charge in [0.1, 0.15) is 0 Å². The van der Waals surface area contributed by atoms with E-state index < -0.39 is 0 Å². The third-order valence-electron chi connectivity index (χ3n) is 4.37. The van der Waals surface area contributed by atoms with Gasteiger partial charge >= 0.3 is 0 Å². The molecule has 0 spiro atoms. The number of para-hydroxylation sites is 1. The molecule has 1 amide bonds. The van der Waals surface area contributed by atoms with E-state index in [0.29, 0.717) is 12.1 Å². The highest BCUT2D eigenvalue weighted by atomic mass is 16.5. The fourth-order valence-electron chi connectivity index (χ4n) is 3.21. The van der Waals surface area contributed by atoms with Crippen molar-refractivity contribution in [2.75, 3.05) is 37.7 Å². The Morgan fingerprint density at radius 3 is 2.56 bits per heavy atom. The first-order chi connectivity index (χ1) is 12.1. The SMILES string of the molecule is Cc1cc(C(=O)NCCc2ccccc2N2CCOCC2)cc(C)n1. The molecule has 1 saturated heterocycles. The second kappa shape index (κ2) is 8.12. The molecule has 0 aliphatic carbocycles. The minimum absolute atomic E-state index is 0.0440. The average molecular weight is 339 g/mol. The fourth-order valence-corrected chi connectivity index (χ4v) is 3.21. The van der Waals surface area contributed by atoms with E-state index in [4.69, 9.17) is 4.74 Å². The third kappa shape index (κ3) is 4.57. The van der Waals surface area contributed by atoms with Crippen LogP contribution in [-0.2, 0) is 11.2 Å². The van der Waals surface area contributed by atoms with Crippen LogP contribution in [0.3, 0.4) is 0 Å². The molecule has 1 aliphatic heterocycles. The topological polar surface area (TPSA) is 54.5 Å². The molecule has 5 heteroatoms. The first kappa shape index (κ1) is 17.4. The number of rotatable bonds is 5. The molecule has 1 fully saturated rings. The van der Waals surface area contributed by atoms with Crippen LogP contribution in [0.2, 0.25) is 0 Å². The van der Waals surface area contributed by atoms with E-state index in [1.807, 2.05) is 26.0 Å². The number of aryl methyl sites for hydroxylation is 2. The number of hydrogen-bond donors (Lipinski definition) is 1. The lowest BCUT2D eigenvalue weighted by Gasteiger charge is -2.30. The molecule has 0 atom stereocenters. The highest BCUT2D eigenvalue weighted by Crippen LogP contribution is 2.21. The number of carbonyl (C=O) groups is 1. The summed E-state index contributed by atoms with van der Waals surface area (Å²) in [5.74, 6) is -0.0440. The zero-order valence-electron chi connectivity index (χ0n) is 14.9. The molecule has 1 aromatic heterocycles. The first-order valence-corrected chi connectivity index (χ1v) is 8.77. The summed E-state index contributed by atoms with van der Waals surface area (Å²) in [5, 5.41) is 3.02. The lowest BCUT2D eigenvalue weighted by Crippen LogP contribution is -2.37. The Labute approximate surface area is 149 Å². The molecule has 3 rings (SSSR count). The standard InChI is InChI=1S/C20H25N3O2/c1-15-13-18(14-16(2)22-15)20(24)21-8-7-17-5-3-4-6-19(17)23-9-11-25-12-10-23/h3-6,13-14H,7-12H2,1-2H3,(H,21,24). The summed E-state index contributed by atoms with van der Waals surface area (Å²) in [6.07, 6.45) is 0.808. The van der Waals surface area contributed by atoms with Gasteiger partial charge in [-0.3, -0.25) is 9.78 Å². The summed E-state index contributed by atoms with van der Waals surface area (Å²) in [7, 11) is 0. The Morgan fingerprint density at radius 1 is 1.16 bits per heavy atom. The van der Waals surface area contributed by atoms with E-state index in [1.165, 1.54) is 11.3 Å². The molecule has 0 saturated carbocycles. The molecule has 0 unspecified atom stereocenters. The van der Waals surface area contributed by atoms with Gasteiger partial charge in [0.05, 0.1) is 13.2 Å². The van der Waals surface area contributed by atoms with Crippen LogP contribution in [0.5, 0.6) is 0 Å². The number of nitrogens with one attached hydrogen (secondary N) is 1. The van der Waals surface area contributed by atoms with Crippen molar-refractivity contribution in [3.63, 3.8) is 0 Å². The van der Waals surface area contributed by atoms with E-state index in [1.54, 1.807) is 0 Å². The summed E-state index contributed by atoms with van der Waals surface area (Å²) in [5.41, 5.74) is 4.90. The van der Waals surface area contributed by atoms with Gasteiger partial charge in [-0.05, 0) is 44.0 Å². The predicted octanol–water partition coefficient (Wildman–Crippen LogP) is 2.51. The second-order valence-electron chi connectivity index (χ2n) is 6.37. The Morgan fingerprint density at radius 2 is 1.84 bits per heavy atom. The number of carbonyl (C=O) groups excluding carboxylic acids is 1. The van der Waals surface area contributed by atoms with Crippen LogP contribution in [-0.4, -0.2) is 43.7 Å². The van der Waals surface area contributed by atoms with Crippen LogP contribution in [0.15, 0.2) is 36.4 Å². The Kier molecular flexibility index (Phi) is 5.66. The zero-order valence-corrected chi connectivity index (χ0v) is 14.9. The lowest BCUT2D eigenvalue weighted by molar-refractivity contribution is 0.0954. The van der Waals surface area contributed by atoms with Crippen LogP contribution >= 0.6 is 0 Å². The summed E-state index contributed by atoms with van der Waals surface area (Å²) < 4.78 is 5.44. The summed E-state index contributed by atoms with van der Waals surface area (Å²) >= 11 is 0. The summed E-state index contributed by atoms with van der Waals surface area (Å²) in [6, 6.07) is 12.1. The van der Waals surface area contributed by atoms with E-state index >= 15 is 0 Å². The minimum Gasteiger partial charge on any atom is -0.378 e. The van der Waals surface area contributed by atoms with Gasteiger partial charge in [-0.1, -0.05) is 18.2 Å². The van der Waals surface area contributed by atoms with Crippen molar-refractivity contribution in [1.82, 2.24) is 10.3 Å². The number of pyridine rings is 1. The molecule has 0 bridgehead atoms. The third-order valence-corrected chi connectivity index (χ3v) is 4.37. The van der Waals surface area contributed by atoms with E-state index in [-0.39, 0.29) is 5.91 Å². The number of nitrogens with zero attached hydrogens (tertiary/aromatic N) is 2. The number of amides is 1.